The second-order valence-corrected chi connectivity index (χ2v) is 7.54. The SMILES string of the molecule is C=Cc1c(F)cc(OC(F)(F)c2c(F)cc(C3CCC(CCC)CO3)cc2F)cc1F. The van der Waals surface area contributed by atoms with Gasteiger partial charge in [0.2, 0.25) is 0 Å². The van der Waals surface area contributed by atoms with Gasteiger partial charge in [-0.1, -0.05) is 26.0 Å². The van der Waals surface area contributed by atoms with E-state index in [2.05, 4.69) is 11.3 Å². The molecule has 2 aromatic rings. The fourth-order valence-electron chi connectivity index (χ4n) is 3.78. The van der Waals surface area contributed by atoms with Crippen LogP contribution in [0.2, 0.25) is 0 Å². The number of halogens is 6. The Morgan fingerprint density at radius 2 is 1.65 bits per heavy atom. The Hall–Kier alpha value is -2.48. The smallest absolute Gasteiger partial charge is 0.429 e. The number of hydrogen-bond donors (Lipinski definition) is 0. The maximum atomic E-state index is 14.5. The van der Waals surface area contributed by atoms with E-state index in [1.165, 1.54) is 0 Å². The molecule has 8 heteroatoms. The van der Waals surface area contributed by atoms with Crippen molar-refractivity contribution < 1.29 is 35.8 Å². The summed E-state index contributed by atoms with van der Waals surface area (Å²) in [6, 6.07) is 2.53. The predicted molar refractivity (Wildman–Crippen MR) is 104 cm³/mol. The van der Waals surface area contributed by atoms with E-state index in [0.29, 0.717) is 31.1 Å². The lowest BCUT2D eigenvalue weighted by Gasteiger charge is -2.29. The minimum atomic E-state index is -4.51. The fourth-order valence-corrected chi connectivity index (χ4v) is 3.78. The highest BCUT2D eigenvalue weighted by molar-refractivity contribution is 5.50. The van der Waals surface area contributed by atoms with Gasteiger partial charge in [-0.15, -0.1) is 0 Å². The summed E-state index contributed by atoms with van der Waals surface area (Å²) < 4.78 is 95.6. The Morgan fingerprint density at radius 3 is 2.13 bits per heavy atom. The van der Waals surface area contributed by atoms with Gasteiger partial charge in [0.15, 0.2) is 0 Å². The summed E-state index contributed by atoms with van der Waals surface area (Å²) >= 11 is 0. The number of hydrogen-bond acceptors (Lipinski definition) is 2. The third-order valence-electron chi connectivity index (χ3n) is 5.30. The van der Waals surface area contributed by atoms with Crippen LogP contribution in [0.3, 0.4) is 0 Å². The summed E-state index contributed by atoms with van der Waals surface area (Å²) in [6.45, 7) is 5.69. The summed E-state index contributed by atoms with van der Waals surface area (Å²) in [5.41, 5.74) is -2.08. The third kappa shape index (κ3) is 5.06. The Labute approximate surface area is 176 Å². The first-order valence-corrected chi connectivity index (χ1v) is 9.95. The Kier molecular flexibility index (Phi) is 6.99. The van der Waals surface area contributed by atoms with Gasteiger partial charge in [-0.2, -0.15) is 8.78 Å². The number of rotatable bonds is 7. The van der Waals surface area contributed by atoms with Crippen molar-refractivity contribution in [3.05, 3.63) is 70.8 Å². The monoisotopic (exact) mass is 444 g/mol. The van der Waals surface area contributed by atoms with E-state index in [1.54, 1.807) is 0 Å². The summed E-state index contributed by atoms with van der Waals surface area (Å²) in [4.78, 5) is 0. The average Bonchev–Trinajstić information content (AvgIpc) is 2.67. The maximum absolute atomic E-state index is 14.5. The van der Waals surface area contributed by atoms with Crippen LogP contribution in [-0.4, -0.2) is 6.61 Å². The highest BCUT2D eigenvalue weighted by Crippen LogP contribution is 2.39. The highest BCUT2D eigenvalue weighted by atomic mass is 19.3. The first-order valence-electron chi connectivity index (χ1n) is 9.95. The predicted octanol–water partition coefficient (Wildman–Crippen LogP) is 7.28. The van der Waals surface area contributed by atoms with Gasteiger partial charge in [0.1, 0.15) is 34.6 Å². The van der Waals surface area contributed by atoms with Gasteiger partial charge in [0.25, 0.3) is 0 Å². The Balaban J connectivity index is 1.83. The molecule has 0 aromatic heterocycles. The summed E-state index contributed by atoms with van der Waals surface area (Å²) in [5.74, 6) is -6.04. The van der Waals surface area contributed by atoms with Crippen molar-refractivity contribution in [2.45, 2.75) is 44.8 Å². The zero-order valence-corrected chi connectivity index (χ0v) is 16.9. The van der Waals surface area contributed by atoms with Crippen molar-refractivity contribution in [3.63, 3.8) is 0 Å². The average molecular weight is 444 g/mol. The van der Waals surface area contributed by atoms with Crippen LogP contribution >= 0.6 is 0 Å². The summed E-state index contributed by atoms with van der Waals surface area (Å²) in [6.07, 6.45) is -0.952. The number of ether oxygens (including phenoxy) is 2. The van der Waals surface area contributed by atoms with Gasteiger partial charge in [-0.05, 0) is 42.9 Å². The maximum Gasteiger partial charge on any atom is 0.432 e. The molecule has 0 amide bonds. The molecular formula is C23H22F6O2. The largest absolute Gasteiger partial charge is 0.432 e. The zero-order chi connectivity index (χ0) is 22.8. The van der Waals surface area contributed by atoms with Crippen LogP contribution in [0.1, 0.15) is 55.4 Å². The molecule has 0 N–H and O–H groups in total. The summed E-state index contributed by atoms with van der Waals surface area (Å²) in [5, 5.41) is 0. The van der Waals surface area contributed by atoms with Crippen LogP contribution in [0, 0.1) is 29.2 Å². The van der Waals surface area contributed by atoms with E-state index in [4.69, 9.17) is 4.74 Å². The molecular weight excluding hydrogens is 422 g/mol. The van der Waals surface area contributed by atoms with Gasteiger partial charge in [-0.3, -0.25) is 0 Å². The van der Waals surface area contributed by atoms with Crippen LogP contribution < -0.4 is 4.74 Å². The van der Waals surface area contributed by atoms with Gasteiger partial charge >= 0.3 is 6.11 Å². The molecule has 0 bridgehead atoms. The van der Waals surface area contributed by atoms with Crippen molar-refractivity contribution >= 4 is 6.08 Å². The fraction of sp³-hybridized carbons (Fsp3) is 0.391. The summed E-state index contributed by atoms with van der Waals surface area (Å²) in [7, 11) is 0. The standard InChI is InChI=1S/C23H22F6O2/c1-3-5-13-6-7-21(30-12-13)14-8-19(26)22(20(27)9-14)23(28,29)31-15-10-17(24)16(4-2)18(25)11-15/h4,8-11,13,21H,2-3,5-7,12H2,1H3. The molecule has 0 spiro atoms. The number of alkyl halides is 2. The molecule has 31 heavy (non-hydrogen) atoms. The van der Waals surface area contributed by atoms with Gasteiger partial charge < -0.3 is 9.47 Å². The lowest BCUT2D eigenvalue weighted by atomic mass is 9.91. The second-order valence-electron chi connectivity index (χ2n) is 7.54. The van der Waals surface area contributed by atoms with Crippen LogP contribution in [0.15, 0.2) is 30.8 Å². The van der Waals surface area contributed by atoms with Crippen molar-refractivity contribution in [2.75, 3.05) is 6.61 Å². The first kappa shape index (κ1) is 23.2. The first-order chi connectivity index (χ1) is 14.7. The van der Waals surface area contributed by atoms with E-state index < -0.39 is 52.4 Å². The van der Waals surface area contributed by atoms with Crippen molar-refractivity contribution in [1.29, 1.82) is 0 Å². The van der Waals surface area contributed by atoms with E-state index >= 15 is 0 Å². The molecule has 2 atom stereocenters. The van der Waals surface area contributed by atoms with Gasteiger partial charge in [0.05, 0.1) is 12.7 Å². The molecule has 168 valence electrons. The Bertz CT molecular complexity index is 905. The Morgan fingerprint density at radius 1 is 1.03 bits per heavy atom. The molecule has 1 aliphatic heterocycles. The van der Waals surface area contributed by atoms with E-state index in [1.807, 2.05) is 6.92 Å². The molecule has 3 rings (SSSR count). The second kappa shape index (κ2) is 9.34. The lowest BCUT2D eigenvalue weighted by molar-refractivity contribution is -0.189. The van der Waals surface area contributed by atoms with Crippen molar-refractivity contribution in [2.24, 2.45) is 5.92 Å². The van der Waals surface area contributed by atoms with Crippen molar-refractivity contribution in [3.8, 4) is 5.75 Å². The quantitative estimate of drug-likeness (QED) is 0.418. The normalized spacial score (nSPS) is 19.3. The third-order valence-corrected chi connectivity index (χ3v) is 5.30. The number of benzene rings is 2. The van der Waals surface area contributed by atoms with Crippen molar-refractivity contribution in [1.82, 2.24) is 0 Å². The molecule has 0 aliphatic carbocycles. The molecule has 2 nitrogen and oxygen atoms in total. The van der Waals surface area contributed by atoms with Crippen LogP contribution in [0.5, 0.6) is 5.75 Å². The molecule has 0 saturated carbocycles. The molecule has 1 fully saturated rings. The molecule has 1 saturated heterocycles. The molecule has 2 unspecified atom stereocenters. The van der Waals surface area contributed by atoms with E-state index in [9.17, 15) is 26.3 Å². The lowest BCUT2D eigenvalue weighted by Crippen LogP contribution is -2.26. The van der Waals surface area contributed by atoms with Gasteiger partial charge in [-0.25, -0.2) is 17.6 Å². The van der Waals surface area contributed by atoms with E-state index in [0.717, 1.165) is 37.5 Å². The van der Waals surface area contributed by atoms with Crippen LogP contribution in [-0.2, 0) is 10.8 Å². The minimum Gasteiger partial charge on any atom is -0.429 e. The molecule has 1 heterocycles. The minimum absolute atomic E-state index is 0.108. The molecule has 0 radical (unpaired) electrons. The van der Waals surface area contributed by atoms with Gasteiger partial charge in [0, 0.05) is 17.7 Å². The van der Waals surface area contributed by atoms with Crippen LogP contribution in [0.25, 0.3) is 6.08 Å². The molecule has 2 aromatic carbocycles. The van der Waals surface area contributed by atoms with E-state index in [-0.39, 0.29) is 5.56 Å². The molecule has 1 aliphatic rings. The highest BCUT2D eigenvalue weighted by Gasteiger charge is 2.42. The van der Waals surface area contributed by atoms with Crippen LogP contribution in [0.4, 0.5) is 26.3 Å². The topological polar surface area (TPSA) is 18.5 Å². The zero-order valence-electron chi connectivity index (χ0n) is 16.9.